The molecule has 0 radical (unpaired) electrons. The molecule has 1 saturated heterocycles. The second-order valence-electron chi connectivity index (χ2n) is 5.56. The Labute approximate surface area is 131 Å². The van der Waals surface area contributed by atoms with E-state index in [2.05, 4.69) is 9.62 Å². The average molecular weight is 330 g/mol. The fourth-order valence-electron chi connectivity index (χ4n) is 2.75. The van der Waals surface area contributed by atoms with Crippen molar-refractivity contribution in [2.45, 2.75) is 24.6 Å². The van der Waals surface area contributed by atoms with E-state index in [0.717, 1.165) is 25.9 Å². The number of rotatable bonds is 8. The smallest absolute Gasteiger partial charge is 0.215 e. The number of nitrogens with zero attached hydrogens (tertiary/aromatic N) is 1. The summed E-state index contributed by atoms with van der Waals surface area (Å²) in [4.78, 5) is 2.24. The van der Waals surface area contributed by atoms with Gasteiger partial charge in [-0.3, -0.25) is 4.90 Å². The molecule has 1 fully saturated rings. The summed E-state index contributed by atoms with van der Waals surface area (Å²) >= 11 is 0. The third kappa shape index (κ3) is 5.31. The molecule has 5 nitrogen and oxygen atoms in total. The fourth-order valence-corrected chi connectivity index (χ4v) is 3.92. The highest BCUT2D eigenvalue weighted by Gasteiger charge is 2.25. The van der Waals surface area contributed by atoms with Gasteiger partial charge in [0.1, 0.15) is 5.82 Å². The van der Waals surface area contributed by atoms with Crippen molar-refractivity contribution < 1.29 is 17.5 Å². The standard InChI is InChI=1S/C15H23FN2O3S/c1-21-9-8-18-7-3-6-15(18)11-17-22(19,20)12-13-4-2-5-14(16)10-13/h2,4-5,10,15,17H,3,6-9,11-12H2,1H3/t15-/m1/s1. The van der Waals surface area contributed by atoms with Gasteiger partial charge in [-0.05, 0) is 37.1 Å². The van der Waals surface area contributed by atoms with Gasteiger partial charge in [-0.2, -0.15) is 0 Å². The third-order valence-electron chi connectivity index (χ3n) is 3.87. The minimum atomic E-state index is -3.46. The minimum absolute atomic E-state index is 0.199. The maximum Gasteiger partial charge on any atom is 0.215 e. The van der Waals surface area contributed by atoms with Gasteiger partial charge in [0.05, 0.1) is 12.4 Å². The summed E-state index contributed by atoms with van der Waals surface area (Å²) in [7, 11) is -1.80. The predicted octanol–water partition coefficient (Wildman–Crippen LogP) is 1.36. The molecule has 0 aliphatic carbocycles. The van der Waals surface area contributed by atoms with Crippen molar-refractivity contribution in [1.29, 1.82) is 0 Å². The summed E-state index contributed by atoms with van der Waals surface area (Å²) in [5.41, 5.74) is 0.454. The van der Waals surface area contributed by atoms with Gasteiger partial charge in [0.15, 0.2) is 0 Å². The first kappa shape index (κ1) is 17.3. The van der Waals surface area contributed by atoms with Crippen molar-refractivity contribution in [1.82, 2.24) is 9.62 Å². The van der Waals surface area contributed by atoms with Crippen LogP contribution < -0.4 is 4.72 Å². The van der Waals surface area contributed by atoms with E-state index in [1.807, 2.05) is 0 Å². The highest BCUT2D eigenvalue weighted by atomic mass is 32.2. The van der Waals surface area contributed by atoms with Crippen LogP contribution in [0.25, 0.3) is 0 Å². The van der Waals surface area contributed by atoms with Gasteiger partial charge in [0.25, 0.3) is 0 Å². The van der Waals surface area contributed by atoms with Crippen LogP contribution in [0.4, 0.5) is 4.39 Å². The van der Waals surface area contributed by atoms with Crippen LogP contribution in [0.1, 0.15) is 18.4 Å². The summed E-state index contributed by atoms with van der Waals surface area (Å²) < 4.78 is 45.0. The zero-order valence-electron chi connectivity index (χ0n) is 12.8. The number of hydrogen-bond donors (Lipinski definition) is 1. The Kier molecular flexibility index (Phi) is 6.31. The molecule has 1 atom stereocenters. The van der Waals surface area contributed by atoms with Gasteiger partial charge in [-0.25, -0.2) is 17.5 Å². The number of methoxy groups -OCH3 is 1. The van der Waals surface area contributed by atoms with E-state index in [-0.39, 0.29) is 11.8 Å². The van der Waals surface area contributed by atoms with Crippen LogP contribution in [0.3, 0.4) is 0 Å². The van der Waals surface area contributed by atoms with E-state index in [4.69, 9.17) is 4.74 Å². The Balaban J connectivity index is 1.86. The van der Waals surface area contributed by atoms with E-state index in [9.17, 15) is 12.8 Å². The van der Waals surface area contributed by atoms with Crippen LogP contribution in [0.15, 0.2) is 24.3 Å². The Morgan fingerprint density at radius 3 is 3.00 bits per heavy atom. The molecule has 1 N–H and O–H groups in total. The number of halogens is 1. The summed E-state index contributed by atoms with van der Waals surface area (Å²) in [5, 5.41) is 0. The van der Waals surface area contributed by atoms with Crippen LogP contribution in [0.5, 0.6) is 0 Å². The van der Waals surface area contributed by atoms with Crippen molar-refractivity contribution in [3.8, 4) is 0 Å². The Morgan fingerprint density at radius 1 is 1.45 bits per heavy atom. The molecule has 1 aliphatic rings. The largest absolute Gasteiger partial charge is 0.383 e. The molecule has 22 heavy (non-hydrogen) atoms. The lowest BCUT2D eigenvalue weighted by Crippen LogP contribution is -2.41. The van der Waals surface area contributed by atoms with E-state index >= 15 is 0 Å². The molecule has 1 aliphatic heterocycles. The first-order valence-electron chi connectivity index (χ1n) is 7.45. The molecule has 7 heteroatoms. The summed E-state index contributed by atoms with van der Waals surface area (Å²) in [6.45, 7) is 2.82. The van der Waals surface area contributed by atoms with E-state index in [1.54, 1.807) is 13.2 Å². The number of hydrogen-bond acceptors (Lipinski definition) is 4. The van der Waals surface area contributed by atoms with Gasteiger partial charge in [0, 0.05) is 26.2 Å². The lowest BCUT2D eigenvalue weighted by Gasteiger charge is -2.24. The van der Waals surface area contributed by atoms with Crippen molar-refractivity contribution in [2.75, 3.05) is 33.4 Å². The lowest BCUT2D eigenvalue weighted by atomic mass is 10.2. The molecular weight excluding hydrogens is 307 g/mol. The summed E-state index contributed by atoms with van der Waals surface area (Å²) in [5.74, 6) is -0.621. The normalized spacial score (nSPS) is 19.6. The quantitative estimate of drug-likeness (QED) is 0.782. The lowest BCUT2D eigenvalue weighted by molar-refractivity contribution is 0.141. The molecule has 0 saturated carbocycles. The van der Waals surface area contributed by atoms with Crippen LogP contribution in [0, 0.1) is 5.82 Å². The molecule has 1 aromatic rings. The van der Waals surface area contributed by atoms with Crippen LogP contribution in [0.2, 0.25) is 0 Å². The first-order valence-corrected chi connectivity index (χ1v) is 9.10. The van der Waals surface area contributed by atoms with Crippen LogP contribution in [-0.4, -0.2) is 52.7 Å². The average Bonchev–Trinajstić information content (AvgIpc) is 2.90. The molecule has 0 bridgehead atoms. The second-order valence-corrected chi connectivity index (χ2v) is 7.37. The highest BCUT2D eigenvalue weighted by molar-refractivity contribution is 7.88. The van der Waals surface area contributed by atoms with Crippen molar-refractivity contribution >= 4 is 10.0 Å². The molecule has 0 spiro atoms. The SMILES string of the molecule is COCCN1CCC[C@@H]1CNS(=O)(=O)Cc1cccc(F)c1. The van der Waals surface area contributed by atoms with Gasteiger partial charge in [-0.15, -0.1) is 0 Å². The third-order valence-corrected chi connectivity index (χ3v) is 5.19. The summed E-state index contributed by atoms with van der Waals surface area (Å²) in [6, 6.07) is 5.89. The monoisotopic (exact) mass is 330 g/mol. The van der Waals surface area contributed by atoms with Crippen molar-refractivity contribution in [2.24, 2.45) is 0 Å². The molecule has 0 aromatic heterocycles. The predicted molar refractivity (Wildman–Crippen MR) is 83.5 cm³/mol. The molecule has 0 unspecified atom stereocenters. The zero-order valence-corrected chi connectivity index (χ0v) is 13.6. The number of likely N-dealkylation sites (tertiary alicyclic amines) is 1. The van der Waals surface area contributed by atoms with Crippen molar-refractivity contribution in [3.05, 3.63) is 35.6 Å². The van der Waals surface area contributed by atoms with E-state index in [0.29, 0.717) is 18.7 Å². The Hall–Kier alpha value is -1.02. The Bertz CT molecular complexity index is 580. The topological polar surface area (TPSA) is 58.6 Å². The molecule has 124 valence electrons. The zero-order chi connectivity index (χ0) is 16.0. The first-order chi connectivity index (χ1) is 10.5. The van der Waals surface area contributed by atoms with Crippen molar-refractivity contribution in [3.63, 3.8) is 0 Å². The number of benzene rings is 1. The fraction of sp³-hybridized carbons (Fsp3) is 0.600. The van der Waals surface area contributed by atoms with E-state index in [1.165, 1.54) is 18.2 Å². The minimum Gasteiger partial charge on any atom is -0.383 e. The molecule has 1 aromatic carbocycles. The second kappa shape index (κ2) is 8.01. The summed E-state index contributed by atoms with van der Waals surface area (Å²) in [6.07, 6.45) is 2.05. The molecular formula is C15H23FN2O3S. The van der Waals surface area contributed by atoms with Crippen LogP contribution in [-0.2, 0) is 20.5 Å². The maximum atomic E-state index is 13.1. The Morgan fingerprint density at radius 2 is 2.27 bits per heavy atom. The highest BCUT2D eigenvalue weighted by Crippen LogP contribution is 2.16. The number of sulfonamides is 1. The number of nitrogens with one attached hydrogen (secondary N) is 1. The number of ether oxygens (including phenoxy) is 1. The van der Waals surface area contributed by atoms with Gasteiger partial charge >= 0.3 is 0 Å². The molecule has 1 heterocycles. The van der Waals surface area contributed by atoms with Crippen LogP contribution >= 0.6 is 0 Å². The molecule has 2 rings (SSSR count). The van der Waals surface area contributed by atoms with Gasteiger partial charge in [0.2, 0.25) is 10.0 Å². The maximum absolute atomic E-state index is 13.1. The van der Waals surface area contributed by atoms with Gasteiger partial charge in [-0.1, -0.05) is 12.1 Å². The van der Waals surface area contributed by atoms with E-state index < -0.39 is 15.8 Å². The van der Waals surface area contributed by atoms with Gasteiger partial charge < -0.3 is 4.74 Å². The molecule has 0 amide bonds.